The predicted octanol–water partition coefficient (Wildman–Crippen LogP) is 0.700. The molecule has 110 valence electrons. The molecule has 5 heteroatoms. The zero-order valence-electron chi connectivity index (χ0n) is 11.8. The van der Waals surface area contributed by atoms with Gasteiger partial charge in [-0.15, -0.1) is 0 Å². The highest BCUT2D eigenvalue weighted by molar-refractivity contribution is 5.74. The molecule has 1 saturated heterocycles. The first kappa shape index (κ1) is 15.0. The molecule has 0 atom stereocenters. The molecule has 0 saturated carbocycles. The predicted molar refractivity (Wildman–Crippen MR) is 77.9 cm³/mol. The number of hydrogen-bond acceptors (Lipinski definition) is 4. The second-order valence-corrected chi connectivity index (χ2v) is 5.22. The van der Waals surface area contributed by atoms with Crippen molar-refractivity contribution in [3.05, 3.63) is 35.9 Å². The first-order valence-corrected chi connectivity index (χ1v) is 7.16. The van der Waals surface area contributed by atoms with Crippen molar-refractivity contribution in [2.45, 2.75) is 25.3 Å². The van der Waals surface area contributed by atoms with Crippen LogP contribution >= 0.6 is 0 Å². The zero-order valence-corrected chi connectivity index (χ0v) is 11.8. The Morgan fingerprint density at radius 2 is 2.00 bits per heavy atom. The van der Waals surface area contributed by atoms with Gasteiger partial charge in [0.25, 0.3) is 0 Å². The maximum Gasteiger partial charge on any atom is 0.245 e. The minimum Gasteiger partial charge on any atom is -0.368 e. The van der Waals surface area contributed by atoms with E-state index in [-0.39, 0.29) is 6.61 Å². The van der Waals surface area contributed by atoms with Crippen molar-refractivity contribution in [1.82, 2.24) is 10.4 Å². The number of nitrogens with two attached hydrogens (primary N) is 1. The van der Waals surface area contributed by atoms with Crippen LogP contribution < -0.4 is 11.2 Å². The lowest BCUT2D eigenvalue weighted by atomic mass is 10.0. The van der Waals surface area contributed by atoms with E-state index in [9.17, 15) is 4.79 Å². The second kappa shape index (κ2) is 7.99. The van der Waals surface area contributed by atoms with Crippen LogP contribution in [-0.4, -0.2) is 43.1 Å². The lowest BCUT2D eigenvalue weighted by Crippen LogP contribution is -2.43. The fourth-order valence-electron chi connectivity index (χ4n) is 2.44. The Balaban J connectivity index is 1.61. The van der Waals surface area contributed by atoms with Crippen molar-refractivity contribution in [3.63, 3.8) is 0 Å². The SMILES string of the molecule is NC(=O)CONC1CCN(CCc2ccccc2)CC1. The minimum absolute atomic E-state index is 0.0613. The number of carbonyl (C=O) groups excluding carboxylic acids is 1. The summed E-state index contributed by atoms with van der Waals surface area (Å²) in [5, 5.41) is 0. The third kappa shape index (κ3) is 5.28. The summed E-state index contributed by atoms with van der Waals surface area (Å²) in [6, 6.07) is 10.9. The second-order valence-electron chi connectivity index (χ2n) is 5.22. The van der Waals surface area contributed by atoms with Crippen molar-refractivity contribution in [2.75, 3.05) is 26.2 Å². The number of piperidine rings is 1. The number of hydroxylamine groups is 1. The van der Waals surface area contributed by atoms with Crippen LogP contribution in [0.15, 0.2) is 30.3 Å². The van der Waals surface area contributed by atoms with Crippen molar-refractivity contribution in [3.8, 4) is 0 Å². The Morgan fingerprint density at radius 3 is 2.65 bits per heavy atom. The van der Waals surface area contributed by atoms with Gasteiger partial charge in [-0.3, -0.25) is 9.63 Å². The molecule has 0 aromatic heterocycles. The highest BCUT2D eigenvalue weighted by Crippen LogP contribution is 2.11. The molecule has 1 aliphatic rings. The fourth-order valence-corrected chi connectivity index (χ4v) is 2.44. The van der Waals surface area contributed by atoms with Crippen LogP contribution in [0.2, 0.25) is 0 Å². The summed E-state index contributed by atoms with van der Waals surface area (Å²) in [5.41, 5.74) is 9.32. The van der Waals surface area contributed by atoms with Crippen molar-refractivity contribution in [1.29, 1.82) is 0 Å². The number of rotatable bonds is 7. The number of nitrogens with zero attached hydrogens (tertiary/aromatic N) is 1. The molecule has 1 amide bonds. The van der Waals surface area contributed by atoms with Gasteiger partial charge in [0.05, 0.1) is 0 Å². The van der Waals surface area contributed by atoms with Crippen LogP contribution in [-0.2, 0) is 16.1 Å². The third-order valence-corrected chi connectivity index (χ3v) is 3.61. The van der Waals surface area contributed by atoms with Gasteiger partial charge >= 0.3 is 0 Å². The first-order valence-electron chi connectivity index (χ1n) is 7.16. The molecule has 0 radical (unpaired) electrons. The Kier molecular flexibility index (Phi) is 5.98. The lowest BCUT2D eigenvalue weighted by Gasteiger charge is -2.31. The van der Waals surface area contributed by atoms with Gasteiger partial charge in [0.15, 0.2) is 0 Å². The van der Waals surface area contributed by atoms with E-state index in [1.165, 1.54) is 5.56 Å². The molecule has 3 N–H and O–H groups in total. The lowest BCUT2D eigenvalue weighted by molar-refractivity contribution is -0.126. The zero-order chi connectivity index (χ0) is 14.2. The Bertz CT molecular complexity index is 403. The van der Waals surface area contributed by atoms with Crippen LogP contribution in [0.4, 0.5) is 0 Å². The molecule has 1 fully saturated rings. The average molecular weight is 277 g/mol. The molecular weight excluding hydrogens is 254 g/mol. The number of carbonyl (C=O) groups is 1. The fraction of sp³-hybridized carbons (Fsp3) is 0.533. The first-order chi connectivity index (χ1) is 9.74. The molecule has 2 rings (SSSR count). The molecular formula is C15H23N3O2. The molecule has 20 heavy (non-hydrogen) atoms. The molecule has 0 spiro atoms. The number of nitrogens with one attached hydrogen (secondary N) is 1. The van der Waals surface area contributed by atoms with Crippen molar-refractivity contribution < 1.29 is 9.63 Å². The highest BCUT2D eigenvalue weighted by Gasteiger charge is 2.18. The summed E-state index contributed by atoms with van der Waals surface area (Å²) in [6.07, 6.45) is 3.16. The van der Waals surface area contributed by atoms with Gasteiger partial charge < -0.3 is 10.6 Å². The van der Waals surface area contributed by atoms with Gasteiger partial charge in [-0.05, 0) is 37.9 Å². The standard InChI is InChI=1S/C15H23N3O2/c16-15(19)12-20-17-14-7-10-18(11-8-14)9-6-13-4-2-1-3-5-13/h1-5,14,17H,6-12H2,(H2,16,19). The summed E-state index contributed by atoms with van der Waals surface area (Å²) >= 11 is 0. The van der Waals surface area contributed by atoms with E-state index in [1.807, 2.05) is 6.07 Å². The van der Waals surface area contributed by atoms with Crippen LogP contribution in [0.5, 0.6) is 0 Å². The molecule has 5 nitrogen and oxygen atoms in total. The summed E-state index contributed by atoms with van der Waals surface area (Å²) in [5.74, 6) is -0.446. The van der Waals surface area contributed by atoms with E-state index >= 15 is 0 Å². The Morgan fingerprint density at radius 1 is 1.30 bits per heavy atom. The molecule has 0 bridgehead atoms. The normalized spacial score (nSPS) is 17.2. The smallest absolute Gasteiger partial charge is 0.245 e. The van der Waals surface area contributed by atoms with Crippen molar-refractivity contribution >= 4 is 5.91 Å². The van der Waals surface area contributed by atoms with E-state index < -0.39 is 5.91 Å². The number of hydrogen-bond donors (Lipinski definition) is 2. The van der Waals surface area contributed by atoms with Crippen LogP contribution in [0.25, 0.3) is 0 Å². The van der Waals surface area contributed by atoms with Gasteiger partial charge in [-0.1, -0.05) is 30.3 Å². The maximum atomic E-state index is 10.6. The number of primary amides is 1. The van der Waals surface area contributed by atoms with Crippen LogP contribution in [0, 0.1) is 0 Å². The summed E-state index contributed by atoms with van der Waals surface area (Å²) in [6.45, 7) is 3.15. The van der Waals surface area contributed by atoms with E-state index in [0.717, 1.165) is 38.9 Å². The van der Waals surface area contributed by atoms with Gasteiger partial charge in [0, 0.05) is 12.6 Å². The molecule has 0 unspecified atom stereocenters. The van der Waals surface area contributed by atoms with Gasteiger partial charge in [-0.2, -0.15) is 5.48 Å². The number of amides is 1. The largest absolute Gasteiger partial charge is 0.368 e. The van der Waals surface area contributed by atoms with Gasteiger partial charge in [0.1, 0.15) is 6.61 Å². The molecule has 1 heterocycles. The highest BCUT2D eigenvalue weighted by atomic mass is 16.6. The average Bonchev–Trinajstić information content (AvgIpc) is 2.47. The number of benzene rings is 1. The van der Waals surface area contributed by atoms with Crippen LogP contribution in [0.3, 0.4) is 0 Å². The monoisotopic (exact) mass is 277 g/mol. The van der Waals surface area contributed by atoms with Gasteiger partial charge in [0.2, 0.25) is 5.91 Å². The Labute approximate surface area is 120 Å². The van der Waals surface area contributed by atoms with Crippen LogP contribution in [0.1, 0.15) is 18.4 Å². The van der Waals surface area contributed by atoms with E-state index in [4.69, 9.17) is 10.6 Å². The minimum atomic E-state index is -0.446. The molecule has 1 aromatic rings. The molecule has 0 aliphatic carbocycles. The summed E-state index contributed by atoms with van der Waals surface area (Å²) in [7, 11) is 0. The molecule has 1 aromatic carbocycles. The van der Waals surface area contributed by atoms with E-state index in [0.29, 0.717) is 6.04 Å². The maximum absolute atomic E-state index is 10.6. The topological polar surface area (TPSA) is 67.6 Å². The quantitative estimate of drug-likeness (QED) is 0.720. The van der Waals surface area contributed by atoms with Gasteiger partial charge in [-0.25, -0.2) is 0 Å². The number of likely N-dealkylation sites (tertiary alicyclic amines) is 1. The molecule has 1 aliphatic heterocycles. The van der Waals surface area contributed by atoms with Crippen molar-refractivity contribution in [2.24, 2.45) is 5.73 Å². The summed E-state index contributed by atoms with van der Waals surface area (Å²) in [4.78, 5) is 18.1. The summed E-state index contributed by atoms with van der Waals surface area (Å²) < 4.78 is 0. The Hall–Kier alpha value is -1.43. The third-order valence-electron chi connectivity index (χ3n) is 3.61. The van der Waals surface area contributed by atoms with E-state index in [2.05, 4.69) is 34.6 Å². The van der Waals surface area contributed by atoms with E-state index in [1.54, 1.807) is 0 Å².